The van der Waals surface area contributed by atoms with Crippen molar-refractivity contribution in [1.82, 2.24) is 9.97 Å². The van der Waals surface area contributed by atoms with Crippen molar-refractivity contribution < 1.29 is 22.7 Å². The zero-order valence-electron chi connectivity index (χ0n) is 20.3. The Bertz CT molecular complexity index is 970. The molecule has 1 amide bonds. The van der Waals surface area contributed by atoms with Gasteiger partial charge in [0.2, 0.25) is 0 Å². The third-order valence-electron chi connectivity index (χ3n) is 5.15. The Morgan fingerprint density at radius 2 is 1.94 bits per heavy atom. The van der Waals surface area contributed by atoms with E-state index in [4.69, 9.17) is 9.72 Å². The van der Waals surface area contributed by atoms with Gasteiger partial charge in [0, 0.05) is 0 Å². The number of halogens is 3. The summed E-state index contributed by atoms with van der Waals surface area (Å²) in [5.74, 6) is 1.42. The number of nitrogens with zero attached hydrogens (tertiary/aromatic N) is 3. The number of nitrogens with one attached hydrogen (secondary N) is 1. The van der Waals surface area contributed by atoms with Crippen LogP contribution in [0.3, 0.4) is 0 Å². The number of amides is 1. The van der Waals surface area contributed by atoms with Crippen LogP contribution in [-0.2, 0) is 8.22 Å². The van der Waals surface area contributed by atoms with Gasteiger partial charge in [-0.05, 0) is 6.92 Å². The standard InChI is InChI=1S/C22H27F2N4O2.C2H5F.Pb/c1-5-9-28(10-7-13(2)3)18-12-15(20(23)24)11-17(26-18)16-6-8-25-21-19(16)14(4)30-22(29)27-21;1-2-3;/h6,8,11-14H,5,7,9-10H2,1-4H3,(H,25,27,29);2H2,1H3;. The molecule has 0 saturated heterocycles. The van der Waals surface area contributed by atoms with E-state index in [0.29, 0.717) is 34.4 Å². The summed E-state index contributed by atoms with van der Waals surface area (Å²) in [4.78, 5) is 22.8. The van der Waals surface area contributed by atoms with Gasteiger partial charge < -0.3 is 0 Å². The van der Waals surface area contributed by atoms with Crippen LogP contribution < -0.4 is 10.2 Å². The minimum atomic E-state index is -2.88. The molecule has 3 radical (unpaired) electrons. The number of hydrogen-bond donors (Lipinski definition) is 1. The fourth-order valence-corrected chi connectivity index (χ4v) is 4.14. The molecule has 2 aromatic rings. The normalized spacial score (nSPS) is 15.1. The molecule has 2 aromatic heterocycles. The molecule has 34 heavy (non-hydrogen) atoms. The SMILES string of the molecule is CCCN(CCC(C)C)c1cc([C](F)(F)[Pb])cc(-c2ccnc3c2C(C)OC(=O)N3)n1.CCF. The third-order valence-corrected chi connectivity index (χ3v) is 6.27. The van der Waals surface area contributed by atoms with E-state index in [1.165, 1.54) is 19.1 Å². The number of carbonyl (C=O) groups excluding carboxylic acids is 1. The number of cyclic esters (lactones) is 1. The Kier molecular flexibility index (Phi) is 10.6. The van der Waals surface area contributed by atoms with Crippen LogP contribution in [0.5, 0.6) is 0 Å². The largest absolute Gasteiger partial charge is 0.251 e. The number of anilines is 2. The third kappa shape index (κ3) is 7.54. The number of ether oxygens (including phenoxy) is 1. The van der Waals surface area contributed by atoms with Gasteiger partial charge >= 0.3 is 198 Å². The van der Waals surface area contributed by atoms with Gasteiger partial charge in [0.15, 0.2) is 0 Å². The first-order chi connectivity index (χ1) is 16.0. The molecule has 1 N–H and O–H groups in total. The van der Waals surface area contributed by atoms with Crippen molar-refractivity contribution in [2.45, 2.75) is 57.0 Å². The maximum absolute atomic E-state index is 14.5. The first-order valence-electron chi connectivity index (χ1n) is 11.4. The summed E-state index contributed by atoms with van der Waals surface area (Å²) in [6.07, 6.45) is 2.23. The van der Waals surface area contributed by atoms with Gasteiger partial charge in [0.25, 0.3) is 0 Å². The van der Waals surface area contributed by atoms with E-state index >= 15 is 0 Å². The summed E-state index contributed by atoms with van der Waals surface area (Å²) < 4.78 is 41.7. The molecular weight excluding hydrogens is 640 g/mol. The Morgan fingerprint density at radius 1 is 1.26 bits per heavy atom. The molecule has 0 bridgehead atoms. The summed E-state index contributed by atoms with van der Waals surface area (Å²) in [5, 5.41) is 2.58. The van der Waals surface area contributed by atoms with E-state index in [1.807, 2.05) is 0 Å². The smallest absolute Gasteiger partial charge is 0.0866 e. The summed E-state index contributed by atoms with van der Waals surface area (Å²) in [6.45, 7) is 10.8. The maximum atomic E-state index is 14.5. The van der Waals surface area contributed by atoms with Crippen LogP contribution in [0.2, 0.25) is 0 Å². The fourth-order valence-electron chi connectivity index (χ4n) is 3.58. The molecule has 6 nitrogen and oxygen atoms in total. The summed E-state index contributed by atoms with van der Waals surface area (Å²) in [6, 6.07) is 4.69. The zero-order valence-corrected chi connectivity index (χ0v) is 24.2. The number of hydrogen-bond acceptors (Lipinski definition) is 5. The quantitative estimate of drug-likeness (QED) is 0.338. The molecule has 1 aliphatic heterocycles. The van der Waals surface area contributed by atoms with Crippen molar-refractivity contribution in [3.05, 3.63) is 35.5 Å². The second-order valence-electron chi connectivity index (χ2n) is 8.40. The minimum absolute atomic E-state index is 0.0382. The number of pyridine rings is 2. The van der Waals surface area contributed by atoms with Gasteiger partial charge in [0.05, 0.1) is 6.67 Å². The van der Waals surface area contributed by atoms with Gasteiger partial charge in [-0.15, -0.1) is 0 Å². The van der Waals surface area contributed by atoms with E-state index in [1.54, 1.807) is 19.2 Å². The number of fused-ring (bicyclic) bond motifs is 1. The van der Waals surface area contributed by atoms with Crippen molar-refractivity contribution in [1.29, 1.82) is 0 Å². The van der Waals surface area contributed by atoms with Crippen molar-refractivity contribution >= 4 is 43.5 Å². The van der Waals surface area contributed by atoms with Crippen molar-refractivity contribution in [3.63, 3.8) is 0 Å². The summed E-state index contributed by atoms with van der Waals surface area (Å²) in [7, 11) is 0. The average Bonchev–Trinajstić information content (AvgIpc) is 2.75. The average molecular weight is 673 g/mol. The molecule has 1 atom stereocenters. The van der Waals surface area contributed by atoms with Gasteiger partial charge in [-0.3, -0.25) is 4.39 Å². The molecule has 0 spiro atoms. The first kappa shape index (κ1) is 28.3. The number of rotatable bonds is 8. The molecule has 185 valence electrons. The molecule has 0 aliphatic carbocycles. The molecule has 0 saturated carbocycles. The Morgan fingerprint density at radius 3 is 2.53 bits per heavy atom. The van der Waals surface area contributed by atoms with Gasteiger partial charge in [-0.1, -0.05) is 0 Å². The fraction of sp³-hybridized carbons (Fsp3) is 0.542. The second-order valence-corrected chi connectivity index (χ2v) is 10.8. The van der Waals surface area contributed by atoms with Crippen LogP contribution in [0, 0.1) is 5.92 Å². The van der Waals surface area contributed by atoms with Crippen LogP contribution in [0.25, 0.3) is 11.3 Å². The molecule has 0 aromatic carbocycles. The van der Waals surface area contributed by atoms with Crippen LogP contribution in [0.1, 0.15) is 64.7 Å². The van der Waals surface area contributed by atoms with E-state index in [9.17, 15) is 18.0 Å². The second kappa shape index (κ2) is 12.7. The molecular formula is C24H32F3N4O2Pb. The molecule has 10 heteroatoms. The molecule has 3 rings (SSSR count). The molecule has 1 aliphatic rings. The van der Waals surface area contributed by atoms with Crippen molar-refractivity contribution in [2.75, 3.05) is 30.0 Å². The van der Waals surface area contributed by atoms with Gasteiger partial charge in [-0.25, -0.2) is 0 Å². The van der Waals surface area contributed by atoms with E-state index in [0.717, 1.165) is 25.9 Å². The van der Waals surface area contributed by atoms with E-state index in [2.05, 4.69) is 36.0 Å². The van der Waals surface area contributed by atoms with Crippen LogP contribution in [-0.4, -0.2) is 61.6 Å². The maximum Gasteiger partial charge on any atom is 0.0866 e. The minimum Gasteiger partial charge on any atom is -0.251 e. The Labute approximate surface area is 215 Å². The number of aromatic nitrogens is 2. The predicted octanol–water partition coefficient (Wildman–Crippen LogP) is 6.22. The number of alkyl halides is 3. The zero-order chi connectivity index (χ0) is 25.5. The van der Waals surface area contributed by atoms with Crippen LogP contribution in [0.15, 0.2) is 24.4 Å². The van der Waals surface area contributed by atoms with Crippen molar-refractivity contribution in [3.8, 4) is 11.3 Å². The summed E-state index contributed by atoms with van der Waals surface area (Å²) in [5.41, 5.74) is 1.66. The van der Waals surface area contributed by atoms with Crippen LogP contribution >= 0.6 is 0 Å². The van der Waals surface area contributed by atoms with E-state index in [-0.39, 0.29) is 38.0 Å². The van der Waals surface area contributed by atoms with Gasteiger partial charge in [-0.2, -0.15) is 0 Å². The monoisotopic (exact) mass is 673 g/mol. The number of carbonyl (C=O) groups is 1. The molecule has 3 heterocycles. The van der Waals surface area contributed by atoms with Crippen molar-refractivity contribution in [2.24, 2.45) is 5.92 Å². The van der Waals surface area contributed by atoms with Gasteiger partial charge in [0.1, 0.15) is 0 Å². The van der Waals surface area contributed by atoms with Crippen LogP contribution in [0.4, 0.5) is 29.6 Å². The molecule has 1 unspecified atom stereocenters. The predicted molar refractivity (Wildman–Crippen MR) is 129 cm³/mol. The van der Waals surface area contributed by atoms with E-state index < -0.39 is 15.7 Å². The first-order valence-corrected chi connectivity index (χ1v) is 13.4. The topological polar surface area (TPSA) is 67.4 Å². The Hall–Kier alpha value is -1.92. The summed E-state index contributed by atoms with van der Waals surface area (Å²) >= 11 is -0.300. The Balaban J connectivity index is 0.00000129. The molecule has 0 fully saturated rings.